The Morgan fingerprint density at radius 2 is 1.15 bits per heavy atom. The molecule has 0 aromatic heterocycles. The molecule has 0 fully saturated rings. The molecule has 3 nitrogen and oxygen atoms in total. The fourth-order valence-electron chi connectivity index (χ4n) is 2.65. The maximum absolute atomic E-state index is 5.85. The Labute approximate surface area is 155 Å². The summed E-state index contributed by atoms with van der Waals surface area (Å²) < 4.78 is 11.0. The molecule has 0 bridgehead atoms. The number of rotatable bonds is 8. The molecule has 3 heteroatoms. The summed E-state index contributed by atoms with van der Waals surface area (Å²) in [4.78, 5) is 0. The van der Waals surface area contributed by atoms with Crippen molar-refractivity contribution in [2.24, 2.45) is 0 Å². The standard InChI is InChI=1S/C23H25NO2/c1-18-3-5-21(6-4-18)17-26-23-13-9-20(10-14-23)16-24-15-19-7-11-22(25-2)12-8-19/h3-14,24H,15-17H2,1-2H3. The zero-order chi connectivity index (χ0) is 18.2. The van der Waals surface area contributed by atoms with Crippen LogP contribution in [0, 0.1) is 6.92 Å². The van der Waals surface area contributed by atoms with Gasteiger partial charge in [-0.05, 0) is 47.9 Å². The molecule has 3 aromatic carbocycles. The van der Waals surface area contributed by atoms with Crippen LogP contribution in [0.3, 0.4) is 0 Å². The van der Waals surface area contributed by atoms with Gasteiger partial charge in [-0.3, -0.25) is 0 Å². The molecule has 0 saturated carbocycles. The van der Waals surface area contributed by atoms with Gasteiger partial charge in [-0.25, -0.2) is 0 Å². The first-order valence-electron chi connectivity index (χ1n) is 8.84. The molecule has 0 aliphatic carbocycles. The zero-order valence-electron chi connectivity index (χ0n) is 15.4. The maximum Gasteiger partial charge on any atom is 0.119 e. The second-order valence-electron chi connectivity index (χ2n) is 6.37. The first kappa shape index (κ1) is 18.0. The highest BCUT2D eigenvalue weighted by atomic mass is 16.5. The molecule has 0 radical (unpaired) electrons. The average molecular weight is 347 g/mol. The highest BCUT2D eigenvalue weighted by Crippen LogP contribution is 2.15. The SMILES string of the molecule is COc1ccc(CNCc2ccc(OCc3ccc(C)cc3)cc2)cc1. The Morgan fingerprint density at radius 3 is 1.69 bits per heavy atom. The van der Waals surface area contributed by atoms with E-state index in [-0.39, 0.29) is 0 Å². The number of nitrogens with one attached hydrogen (secondary N) is 1. The number of ether oxygens (including phenoxy) is 2. The normalized spacial score (nSPS) is 10.5. The van der Waals surface area contributed by atoms with Crippen LogP contribution in [0.15, 0.2) is 72.8 Å². The molecule has 134 valence electrons. The summed E-state index contributed by atoms with van der Waals surface area (Å²) in [6, 6.07) is 24.8. The van der Waals surface area contributed by atoms with Gasteiger partial charge in [0, 0.05) is 13.1 Å². The molecule has 0 heterocycles. The number of aryl methyl sites for hydroxylation is 1. The van der Waals surface area contributed by atoms with Gasteiger partial charge in [0.25, 0.3) is 0 Å². The van der Waals surface area contributed by atoms with Crippen LogP contribution in [0.2, 0.25) is 0 Å². The highest BCUT2D eigenvalue weighted by Gasteiger charge is 1.99. The molecule has 0 aliphatic heterocycles. The van der Waals surface area contributed by atoms with Gasteiger partial charge in [0.1, 0.15) is 18.1 Å². The summed E-state index contributed by atoms with van der Waals surface area (Å²) in [5.41, 5.74) is 4.92. The second kappa shape index (κ2) is 9.07. The van der Waals surface area contributed by atoms with Gasteiger partial charge < -0.3 is 14.8 Å². The Bertz CT molecular complexity index is 793. The van der Waals surface area contributed by atoms with Gasteiger partial charge in [-0.15, -0.1) is 0 Å². The Hall–Kier alpha value is -2.78. The van der Waals surface area contributed by atoms with E-state index in [4.69, 9.17) is 9.47 Å². The molecule has 0 amide bonds. The summed E-state index contributed by atoms with van der Waals surface area (Å²) >= 11 is 0. The van der Waals surface area contributed by atoms with Crippen LogP contribution in [-0.2, 0) is 19.7 Å². The number of methoxy groups -OCH3 is 1. The topological polar surface area (TPSA) is 30.5 Å². The predicted molar refractivity (Wildman–Crippen MR) is 105 cm³/mol. The van der Waals surface area contributed by atoms with Gasteiger partial charge in [0.15, 0.2) is 0 Å². The van der Waals surface area contributed by atoms with Crippen molar-refractivity contribution in [3.8, 4) is 11.5 Å². The first-order valence-corrected chi connectivity index (χ1v) is 8.84. The third-order valence-electron chi connectivity index (χ3n) is 4.27. The molecule has 26 heavy (non-hydrogen) atoms. The summed E-state index contributed by atoms with van der Waals surface area (Å²) in [7, 11) is 1.68. The molecule has 3 aromatic rings. The fourth-order valence-corrected chi connectivity index (χ4v) is 2.65. The monoisotopic (exact) mass is 347 g/mol. The minimum absolute atomic E-state index is 0.593. The van der Waals surface area contributed by atoms with Crippen molar-refractivity contribution in [3.05, 3.63) is 95.1 Å². The van der Waals surface area contributed by atoms with Gasteiger partial charge in [0.2, 0.25) is 0 Å². The van der Waals surface area contributed by atoms with Crippen LogP contribution >= 0.6 is 0 Å². The smallest absolute Gasteiger partial charge is 0.119 e. The van der Waals surface area contributed by atoms with Crippen molar-refractivity contribution in [1.29, 1.82) is 0 Å². The molecule has 0 spiro atoms. The summed E-state index contributed by atoms with van der Waals surface area (Å²) in [6.45, 7) is 4.33. The molecular weight excluding hydrogens is 322 g/mol. The largest absolute Gasteiger partial charge is 0.497 e. The zero-order valence-corrected chi connectivity index (χ0v) is 15.4. The van der Waals surface area contributed by atoms with Crippen molar-refractivity contribution >= 4 is 0 Å². The van der Waals surface area contributed by atoms with Gasteiger partial charge >= 0.3 is 0 Å². The summed E-state index contributed by atoms with van der Waals surface area (Å²) in [5, 5.41) is 3.46. The number of hydrogen-bond acceptors (Lipinski definition) is 3. The van der Waals surface area contributed by atoms with Gasteiger partial charge in [0.05, 0.1) is 7.11 Å². The van der Waals surface area contributed by atoms with E-state index in [1.54, 1.807) is 7.11 Å². The second-order valence-corrected chi connectivity index (χ2v) is 6.37. The third kappa shape index (κ3) is 5.36. The van der Waals surface area contributed by atoms with Crippen molar-refractivity contribution in [2.75, 3.05) is 7.11 Å². The maximum atomic E-state index is 5.85. The Kier molecular flexibility index (Phi) is 6.29. The quantitative estimate of drug-likeness (QED) is 0.630. The van der Waals surface area contributed by atoms with E-state index in [0.29, 0.717) is 6.61 Å². The lowest BCUT2D eigenvalue weighted by Crippen LogP contribution is -2.12. The first-order chi connectivity index (χ1) is 12.7. The van der Waals surface area contributed by atoms with Crippen LogP contribution in [0.25, 0.3) is 0 Å². The molecule has 0 atom stereocenters. The Morgan fingerprint density at radius 1 is 0.654 bits per heavy atom. The van der Waals surface area contributed by atoms with Crippen LogP contribution < -0.4 is 14.8 Å². The van der Waals surface area contributed by atoms with Crippen LogP contribution in [-0.4, -0.2) is 7.11 Å². The molecule has 1 N–H and O–H groups in total. The minimum atomic E-state index is 0.593. The van der Waals surface area contributed by atoms with E-state index in [9.17, 15) is 0 Å². The van der Waals surface area contributed by atoms with Crippen molar-refractivity contribution in [1.82, 2.24) is 5.32 Å². The van der Waals surface area contributed by atoms with E-state index >= 15 is 0 Å². The highest BCUT2D eigenvalue weighted by molar-refractivity contribution is 5.29. The molecule has 3 rings (SSSR count). The predicted octanol–water partition coefficient (Wildman–Crippen LogP) is 4.87. The fraction of sp³-hybridized carbons (Fsp3) is 0.217. The van der Waals surface area contributed by atoms with Gasteiger partial charge in [-0.1, -0.05) is 54.1 Å². The lowest BCUT2D eigenvalue weighted by Gasteiger charge is -2.09. The van der Waals surface area contributed by atoms with Crippen LogP contribution in [0.4, 0.5) is 0 Å². The van der Waals surface area contributed by atoms with E-state index in [1.807, 2.05) is 24.3 Å². The molecule has 0 saturated heterocycles. The van der Waals surface area contributed by atoms with E-state index in [2.05, 4.69) is 60.8 Å². The average Bonchev–Trinajstić information content (AvgIpc) is 2.69. The number of benzene rings is 3. The Balaban J connectivity index is 1.44. The third-order valence-corrected chi connectivity index (χ3v) is 4.27. The lowest BCUT2D eigenvalue weighted by molar-refractivity contribution is 0.306. The van der Waals surface area contributed by atoms with E-state index in [0.717, 1.165) is 24.6 Å². The van der Waals surface area contributed by atoms with Crippen molar-refractivity contribution in [2.45, 2.75) is 26.6 Å². The molecule has 0 unspecified atom stereocenters. The van der Waals surface area contributed by atoms with E-state index in [1.165, 1.54) is 22.3 Å². The van der Waals surface area contributed by atoms with Crippen molar-refractivity contribution in [3.63, 3.8) is 0 Å². The molecule has 0 aliphatic rings. The number of hydrogen-bond donors (Lipinski definition) is 1. The minimum Gasteiger partial charge on any atom is -0.497 e. The van der Waals surface area contributed by atoms with Crippen molar-refractivity contribution < 1.29 is 9.47 Å². The van der Waals surface area contributed by atoms with Crippen LogP contribution in [0.1, 0.15) is 22.3 Å². The van der Waals surface area contributed by atoms with Gasteiger partial charge in [-0.2, -0.15) is 0 Å². The van der Waals surface area contributed by atoms with Crippen LogP contribution in [0.5, 0.6) is 11.5 Å². The van der Waals surface area contributed by atoms with E-state index < -0.39 is 0 Å². The summed E-state index contributed by atoms with van der Waals surface area (Å²) in [5.74, 6) is 1.78. The lowest BCUT2D eigenvalue weighted by atomic mass is 10.1. The molecular formula is C23H25NO2. The summed E-state index contributed by atoms with van der Waals surface area (Å²) in [6.07, 6.45) is 0.